The predicted molar refractivity (Wildman–Crippen MR) is 74.2 cm³/mol. The average molecular weight is 305 g/mol. The molecule has 0 bridgehead atoms. The van der Waals surface area contributed by atoms with Crippen molar-refractivity contribution in [1.29, 1.82) is 0 Å². The van der Waals surface area contributed by atoms with E-state index in [0.29, 0.717) is 19.7 Å². The number of likely N-dealkylation sites (N-methyl/N-ethyl adjacent to an activating group) is 1. The SMILES string of the molecule is COCCN(C)CCNC(=O)NC(CCC(=O)O)C(=O)O. The van der Waals surface area contributed by atoms with Crippen molar-refractivity contribution in [2.24, 2.45) is 0 Å². The van der Waals surface area contributed by atoms with Crippen LogP contribution in [-0.2, 0) is 14.3 Å². The normalized spacial score (nSPS) is 12.0. The first-order valence-corrected chi connectivity index (χ1v) is 6.53. The Kier molecular flexibility index (Phi) is 9.90. The van der Waals surface area contributed by atoms with Crippen molar-refractivity contribution < 1.29 is 29.3 Å². The maximum Gasteiger partial charge on any atom is 0.326 e. The summed E-state index contributed by atoms with van der Waals surface area (Å²) in [6.45, 7) is 2.23. The molecule has 0 aromatic rings. The number of hydrogen-bond acceptors (Lipinski definition) is 5. The van der Waals surface area contributed by atoms with Crippen molar-refractivity contribution >= 4 is 18.0 Å². The lowest BCUT2D eigenvalue weighted by Crippen LogP contribution is -2.47. The van der Waals surface area contributed by atoms with E-state index in [1.54, 1.807) is 7.11 Å². The Morgan fingerprint density at radius 3 is 2.43 bits per heavy atom. The number of amides is 2. The number of hydrogen-bond donors (Lipinski definition) is 4. The van der Waals surface area contributed by atoms with E-state index in [2.05, 4.69) is 10.6 Å². The Balaban J connectivity index is 3.98. The molecule has 0 rings (SSSR count). The molecule has 1 atom stereocenters. The summed E-state index contributed by atoms with van der Waals surface area (Å²) >= 11 is 0. The number of ether oxygens (including phenoxy) is 1. The van der Waals surface area contributed by atoms with Crippen molar-refractivity contribution in [2.45, 2.75) is 18.9 Å². The van der Waals surface area contributed by atoms with Crippen molar-refractivity contribution in [3.63, 3.8) is 0 Å². The van der Waals surface area contributed by atoms with Crippen LogP contribution in [0.2, 0.25) is 0 Å². The summed E-state index contributed by atoms with van der Waals surface area (Å²) in [5.74, 6) is -2.37. The number of methoxy groups -OCH3 is 1. The molecular formula is C12H23N3O6. The zero-order valence-electron chi connectivity index (χ0n) is 12.3. The topological polar surface area (TPSA) is 128 Å². The summed E-state index contributed by atoms with van der Waals surface area (Å²) in [6, 6.07) is -1.85. The van der Waals surface area contributed by atoms with Gasteiger partial charge in [0.25, 0.3) is 0 Å². The summed E-state index contributed by atoms with van der Waals surface area (Å²) in [4.78, 5) is 34.8. The maximum absolute atomic E-state index is 11.5. The molecule has 1 unspecified atom stereocenters. The monoisotopic (exact) mass is 305 g/mol. The van der Waals surface area contributed by atoms with Gasteiger partial charge >= 0.3 is 18.0 Å². The van der Waals surface area contributed by atoms with Gasteiger partial charge in [-0.15, -0.1) is 0 Å². The highest BCUT2D eigenvalue weighted by Crippen LogP contribution is 1.97. The van der Waals surface area contributed by atoms with Crippen LogP contribution in [0, 0.1) is 0 Å². The van der Waals surface area contributed by atoms with Crippen molar-refractivity contribution in [2.75, 3.05) is 40.4 Å². The highest BCUT2D eigenvalue weighted by molar-refractivity contribution is 5.82. The van der Waals surface area contributed by atoms with Gasteiger partial charge in [0, 0.05) is 33.2 Å². The molecule has 9 nitrogen and oxygen atoms in total. The molecule has 21 heavy (non-hydrogen) atoms. The van der Waals surface area contributed by atoms with Crippen LogP contribution in [-0.4, -0.2) is 79.5 Å². The molecule has 0 fully saturated rings. The molecule has 0 heterocycles. The first-order valence-electron chi connectivity index (χ1n) is 6.53. The van der Waals surface area contributed by atoms with Gasteiger partial charge in [0.2, 0.25) is 0 Å². The van der Waals surface area contributed by atoms with Gasteiger partial charge in [-0.3, -0.25) is 4.79 Å². The number of rotatable bonds is 11. The first-order chi connectivity index (χ1) is 9.86. The van der Waals surface area contributed by atoms with Crippen LogP contribution in [0.4, 0.5) is 4.79 Å². The van der Waals surface area contributed by atoms with Crippen LogP contribution in [0.3, 0.4) is 0 Å². The van der Waals surface area contributed by atoms with Crippen LogP contribution in [0.25, 0.3) is 0 Å². The van der Waals surface area contributed by atoms with Crippen LogP contribution >= 0.6 is 0 Å². The quantitative estimate of drug-likeness (QED) is 0.392. The first kappa shape index (κ1) is 19.1. The van der Waals surface area contributed by atoms with E-state index in [1.807, 2.05) is 11.9 Å². The summed E-state index contributed by atoms with van der Waals surface area (Å²) in [6.07, 6.45) is -0.483. The minimum Gasteiger partial charge on any atom is -0.481 e. The van der Waals surface area contributed by atoms with Crippen molar-refractivity contribution in [3.8, 4) is 0 Å². The molecule has 122 valence electrons. The Morgan fingerprint density at radius 2 is 1.90 bits per heavy atom. The van der Waals surface area contributed by atoms with Gasteiger partial charge in [-0.05, 0) is 13.5 Å². The van der Waals surface area contributed by atoms with Gasteiger partial charge in [0.15, 0.2) is 0 Å². The molecular weight excluding hydrogens is 282 g/mol. The second kappa shape index (κ2) is 10.9. The fraction of sp³-hybridized carbons (Fsp3) is 0.750. The number of carbonyl (C=O) groups is 3. The van der Waals surface area contributed by atoms with Gasteiger partial charge in [-0.25, -0.2) is 9.59 Å². The lowest BCUT2D eigenvalue weighted by Gasteiger charge is -2.17. The molecule has 0 aromatic heterocycles. The zero-order chi connectivity index (χ0) is 16.3. The number of carboxylic acid groups (broad SMARTS) is 2. The van der Waals surface area contributed by atoms with E-state index in [0.717, 1.165) is 6.54 Å². The fourth-order valence-electron chi connectivity index (χ4n) is 1.45. The fourth-order valence-corrected chi connectivity index (χ4v) is 1.45. The van der Waals surface area contributed by atoms with E-state index in [-0.39, 0.29) is 12.8 Å². The second-order valence-electron chi connectivity index (χ2n) is 4.52. The van der Waals surface area contributed by atoms with Crippen molar-refractivity contribution in [1.82, 2.24) is 15.5 Å². The van der Waals surface area contributed by atoms with E-state index < -0.39 is 24.0 Å². The lowest BCUT2D eigenvalue weighted by atomic mass is 10.1. The zero-order valence-corrected chi connectivity index (χ0v) is 12.3. The summed E-state index contributed by atoms with van der Waals surface area (Å²) in [5, 5.41) is 22.2. The van der Waals surface area contributed by atoms with Crippen LogP contribution in [0.1, 0.15) is 12.8 Å². The predicted octanol–water partition coefficient (Wildman–Crippen LogP) is -0.818. The molecule has 0 radical (unpaired) electrons. The second-order valence-corrected chi connectivity index (χ2v) is 4.52. The van der Waals surface area contributed by atoms with Crippen molar-refractivity contribution in [3.05, 3.63) is 0 Å². The van der Waals surface area contributed by atoms with Crippen LogP contribution in [0.5, 0.6) is 0 Å². The highest BCUT2D eigenvalue weighted by atomic mass is 16.5. The third-order valence-electron chi connectivity index (χ3n) is 2.71. The van der Waals surface area contributed by atoms with E-state index in [1.165, 1.54) is 0 Å². The number of carboxylic acids is 2. The Labute approximate surface area is 123 Å². The molecule has 4 N–H and O–H groups in total. The number of urea groups is 1. The van der Waals surface area contributed by atoms with Gasteiger partial charge in [0.1, 0.15) is 6.04 Å². The number of carbonyl (C=O) groups excluding carboxylic acids is 1. The largest absolute Gasteiger partial charge is 0.481 e. The smallest absolute Gasteiger partial charge is 0.326 e. The molecule has 0 saturated heterocycles. The van der Waals surface area contributed by atoms with Gasteiger partial charge in [-0.2, -0.15) is 0 Å². The van der Waals surface area contributed by atoms with Gasteiger partial charge in [0.05, 0.1) is 6.61 Å². The van der Waals surface area contributed by atoms with Crippen LogP contribution in [0.15, 0.2) is 0 Å². The Hall–Kier alpha value is -1.87. The average Bonchev–Trinajstić information content (AvgIpc) is 2.40. The Bertz CT molecular complexity index is 350. The molecule has 0 saturated carbocycles. The Morgan fingerprint density at radius 1 is 1.24 bits per heavy atom. The molecule has 0 aliphatic carbocycles. The molecule has 0 aliphatic heterocycles. The number of nitrogens with one attached hydrogen (secondary N) is 2. The summed E-state index contributed by atoms with van der Waals surface area (Å²) in [5.41, 5.74) is 0. The molecule has 9 heteroatoms. The number of nitrogens with zero attached hydrogens (tertiary/aromatic N) is 1. The number of aliphatic carboxylic acids is 2. The molecule has 2 amide bonds. The molecule has 0 spiro atoms. The minimum absolute atomic E-state index is 0.161. The maximum atomic E-state index is 11.5. The van der Waals surface area contributed by atoms with Gasteiger partial charge in [-0.1, -0.05) is 0 Å². The van der Waals surface area contributed by atoms with Gasteiger partial charge < -0.3 is 30.5 Å². The summed E-state index contributed by atoms with van der Waals surface area (Å²) < 4.78 is 4.91. The minimum atomic E-state index is -1.26. The molecule has 0 aromatic carbocycles. The standard InChI is InChI=1S/C12H23N3O6/c1-15(7-8-21-2)6-5-13-12(20)14-9(11(18)19)3-4-10(16)17/h9H,3-8H2,1-2H3,(H,16,17)(H,18,19)(H2,13,14,20). The summed E-state index contributed by atoms with van der Waals surface area (Å²) in [7, 11) is 3.47. The third kappa shape index (κ3) is 10.6. The van der Waals surface area contributed by atoms with Crippen LogP contribution < -0.4 is 10.6 Å². The third-order valence-corrected chi connectivity index (χ3v) is 2.71. The van der Waals surface area contributed by atoms with E-state index in [4.69, 9.17) is 14.9 Å². The highest BCUT2D eigenvalue weighted by Gasteiger charge is 2.20. The molecule has 0 aliphatic rings. The van der Waals surface area contributed by atoms with E-state index in [9.17, 15) is 14.4 Å². The lowest BCUT2D eigenvalue weighted by molar-refractivity contribution is -0.140. The van der Waals surface area contributed by atoms with E-state index >= 15 is 0 Å².